The lowest BCUT2D eigenvalue weighted by Crippen LogP contribution is -2.24. The third kappa shape index (κ3) is 3.48. The Labute approximate surface area is 99.6 Å². The highest BCUT2D eigenvalue weighted by atomic mass is 16.5. The van der Waals surface area contributed by atoms with Gasteiger partial charge >= 0.3 is 0 Å². The molecule has 1 heterocycles. The maximum Gasteiger partial charge on any atom is 0.0753 e. The fourth-order valence-electron chi connectivity index (χ4n) is 2.62. The molecular weight excluding hydrogens is 196 g/mol. The number of rotatable bonds is 6. The molecule has 1 heteroatoms. The van der Waals surface area contributed by atoms with Crippen LogP contribution in [-0.4, -0.2) is 12.7 Å². The van der Waals surface area contributed by atoms with Crippen molar-refractivity contribution in [2.24, 2.45) is 11.8 Å². The molecule has 0 radical (unpaired) electrons. The topological polar surface area (TPSA) is 9.23 Å². The van der Waals surface area contributed by atoms with Crippen LogP contribution in [0.4, 0.5) is 0 Å². The number of unbranched alkanes of at least 4 members (excludes halogenated alkanes) is 1. The first kappa shape index (κ1) is 11.9. The minimum Gasteiger partial charge on any atom is -0.374 e. The van der Waals surface area contributed by atoms with E-state index >= 15 is 0 Å². The van der Waals surface area contributed by atoms with Crippen LogP contribution in [0.2, 0.25) is 0 Å². The van der Waals surface area contributed by atoms with E-state index in [4.69, 9.17) is 4.74 Å². The Morgan fingerprint density at radius 1 is 1.25 bits per heavy atom. The van der Waals surface area contributed by atoms with Gasteiger partial charge in [0.2, 0.25) is 0 Å². The largest absolute Gasteiger partial charge is 0.374 e. The van der Waals surface area contributed by atoms with Crippen molar-refractivity contribution in [3.63, 3.8) is 0 Å². The van der Waals surface area contributed by atoms with Gasteiger partial charge in [-0.15, -0.1) is 6.58 Å². The lowest BCUT2D eigenvalue weighted by molar-refractivity contribution is 0.00798. The van der Waals surface area contributed by atoms with Crippen molar-refractivity contribution in [3.8, 4) is 0 Å². The minimum absolute atomic E-state index is 0.330. The van der Waals surface area contributed by atoms with Gasteiger partial charge in [0.05, 0.1) is 12.7 Å². The standard InChI is InChI=1S/C15H24O/c1-2-15-11-10-14(12-16-15)7-4-3-6-13-8-5-9-13/h2,5,8,13-15H,1,3-4,6-7,9-12H2. The first-order valence-electron chi connectivity index (χ1n) is 6.79. The van der Waals surface area contributed by atoms with Crippen molar-refractivity contribution >= 4 is 0 Å². The Balaban J connectivity index is 1.50. The van der Waals surface area contributed by atoms with Crippen molar-refractivity contribution < 1.29 is 4.74 Å². The van der Waals surface area contributed by atoms with Gasteiger partial charge < -0.3 is 4.74 Å². The highest BCUT2D eigenvalue weighted by molar-refractivity contribution is 5.01. The van der Waals surface area contributed by atoms with Crippen LogP contribution < -0.4 is 0 Å². The first-order valence-corrected chi connectivity index (χ1v) is 6.79. The molecule has 1 aliphatic heterocycles. The smallest absolute Gasteiger partial charge is 0.0753 e. The van der Waals surface area contributed by atoms with Crippen molar-refractivity contribution in [2.75, 3.05) is 6.61 Å². The molecule has 1 fully saturated rings. The number of ether oxygens (including phenoxy) is 1. The van der Waals surface area contributed by atoms with Crippen LogP contribution >= 0.6 is 0 Å². The monoisotopic (exact) mass is 220 g/mol. The van der Waals surface area contributed by atoms with Crippen LogP contribution in [0.3, 0.4) is 0 Å². The maximum absolute atomic E-state index is 5.72. The molecule has 0 aromatic rings. The van der Waals surface area contributed by atoms with Gasteiger partial charge in [-0.2, -0.15) is 0 Å². The molecule has 0 amide bonds. The lowest BCUT2D eigenvalue weighted by Gasteiger charge is -2.27. The van der Waals surface area contributed by atoms with Gasteiger partial charge in [0, 0.05) is 0 Å². The second kappa shape index (κ2) is 6.24. The summed E-state index contributed by atoms with van der Waals surface area (Å²) in [4.78, 5) is 0. The van der Waals surface area contributed by atoms with E-state index in [0.29, 0.717) is 6.10 Å². The Morgan fingerprint density at radius 3 is 2.62 bits per heavy atom. The molecule has 90 valence electrons. The predicted octanol–water partition coefficient (Wildman–Crippen LogP) is 4.10. The van der Waals surface area contributed by atoms with Crippen LogP contribution in [0.15, 0.2) is 24.8 Å². The van der Waals surface area contributed by atoms with Gasteiger partial charge in [-0.1, -0.05) is 31.1 Å². The van der Waals surface area contributed by atoms with E-state index in [-0.39, 0.29) is 0 Å². The van der Waals surface area contributed by atoms with Crippen molar-refractivity contribution in [2.45, 2.75) is 51.0 Å². The molecule has 3 unspecified atom stereocenters. The second-order valence-corrected chi connectivity index (χ2v) is 5.26. The third-order valence-electron chi connectivity index (χ3n) is 3.95. The molecule has 1 nitrogen and oxygen atoms in total. The first-order chi connectivity index (χ1) is 7.88. The maximum atomic E-state index is 5.72. The Morgan fingerprint density at radius 2 is 2.06 bits per heavy atom. The summed E-state index contributed by atoms with van der Waals surface area (Å²) in [6.07, 6.45) is 16.3. The van der Waals surface area contributed by atoms with E-state index in [2.05, 4.69) is 18.7 Å². The van der Waals surface area contributed by atoms with Gasteiger partial charge in [0.15, 0.2) is 0 Å². The zero-order chi connectivity index (χ0) is 11.2. The molecule has 0 aromatic heterocycles. The summed E-state index contributed by atoms with van der Waals surface area (Å²) in [5.74, 6) is 1.72. The zero-order valence-electron chi connectivity index (χ0n) is 10.2. The fraction of sp³-hybridized carbons (Fsp3) is 0.733. The molecule has 0 N–H and O–H groups in total. The minimum atomic E-state index is 0.330. The lowest BCUT2D eigenvalue weighted by atomic mass is 9.88. The molecule has 0 spiro atoms. The van der Waals surface area contributed by atoms with E-state index in [0.717, 1.165) is 18.4 Å². The zero-order valence-corrected chi connectivity index (χ0v) is 10.2. The number of allylic oxidation sites excluding steroid dienone is 2. The van der Waals surface area contributed by atoms with Gasteiger partial charge in [-0.25, -0.2) is 0 Å². The summed E-state index contributed by atoms with van der Waals surface area (Å²) in [6.45, 7) is 4.75. The molecule has 0 aromatic carbocycles. The Kier molecular flexibility index (Phi) is 4.65. The van der Waals surface area contributed by atoms with Crippen LogP contribution in [0, 0.1) is 11.8 Å². The van der Waals surface area contributed by atoms with Crippen LogP contribution in [-0.2, 0) is 4.74 Å². The summed E-state index contributed by atoms with van der Waals surface area (Å²) in [5, 5.41) is 0. The predicted molar refractivity (Wildman–Crippen MR) is 68.4 cm³/mol. The SMILES string of the molecule is C=CC1CCC(CCCCC2C=CC2)CO1. The number of hydrogen-bond donors (Lipinski definition) is 0. The molecule has 1 saturated heterocycles. The van der Waals surface area contributed by atoms with Crippen molar-refractivity contribution in [3.05, 3.63) is 24.8 Å². The highest BCUT2D eigenvalue weighted by Crippen LogP contribution is 2.26. The van der Waals surface area contributed by atoms with Gasteiger partial charge in [0.1, 0.15) is 0 Å². The highest BCUT2D eigenvalue weighted by Gasteiger charge is 2.19. The summed E-state index contributed by atoms with van der Waals surface area (Å²) in [5.41, 5.74) is 0. The van der Waals surface area contributed by atoms with E-state index in [9.17, 15) is 0 Å². The van der Waals surface area contributed by atoms with E-state index in [1.165, 1.54) is 44.9 Å². The average molecular weight is 220 g/mol. The summed E-state index contributed by atoms with van der Waals surface area (Å²) < 4.78 is 5.72. The van der Waals surface area contributed by atoms with Crippen LogP contribution in [0.1, 0.15) is 44.9 Å². The Bertz CT molecular complexity index is 236. The van der Waals surface area contributed by atoms with E-state index in [1.807, 2.05) is 6.08 Å². The fourth-order valence-corrected chi connectivity index (χ4v) is 2.62. The van der Waals surface area contributed by atoms with Crippen molar-refractivity contribution in [1.82, 2.24) is 0 Å². The summed E-state index contributed by atoms with van der Waals surface area (Å²) in [7, 11) is 0. The summed E-state index contributed by atoms with van der Waals surface area (Å²) in [6, 6.07) is 0. The second-order valence-electron chi connectivity index (χ2n) is 5.26. The third-order valence-corrected chi connectivity index (χ3v) is 3.95. The van der Waals surface area contributed by atoms with Gasteiger partial charge in [0.25, 0.3) is 0 Å². The van der Waals surface area contributed by atoms with Crippen LogP contribution in [0.5, 0.6) is 0 Å². The molecule has 1 aliphatic carbocycles. The molecule has 0 bridgehead atoms. The van der Waals surface area contributed by atoms with E-state index in [1.54, 1.807) is 0 Å². The Hall–Kier alpha value is -0.560. The molecule has 2 aliphatic rings. The normalized spacial score (nSPS) is 33.4. The van der Waals surface area contributed by atoms with E-state index < -0.39 is 0 Å². The molecule has 0 saturated carbocycles. The van der Waals surface area contributed by atoms with Crippen molar-refractivity contribution in [1.29, 1.82) is 0 Å². The van der Waals surface area contributed by atoms with Crippen LogP contribution in [0.25, 0.3) is 0 Å². The molecular formula is C15H24O. The van der Waals surface area contributed by atoms with Gasteiger partial charge in [-0.05, 0) is 43.9 Å². The quantitative estimate of drug-likeness (QED) is 0.483. The molecule has 2 rings (SSSR count). The number of hydrogen-bond acceptors (Lipinski definition) is 1. The molecule has 3 atom stereocenters. The average Bonchev–Trinajstić information content (AvgIpc) is 2.27. The van der Waals surface area contributed by atoms with Gasteiger partial charge in [-0.3, -0.25) is 0 Å². The molecule has 16 heavy (non-hydrogen) atoms. The summed E-state index contributed by atoms with van der Waals surface area (Å²) >= 11 is 0.